The third-order valence-corrected chi connectivity index (χ3v) is 4.13. The van der Waals surface area contributed by atoms with E-state index in [4.69, 9.17) is 5.11 Å². The Bertz CT molecular complexity index is 611. The lowest BCUT2D eigenvalue weighted by Crippen LogP contribution is -2.48. The van der Waals surface area contributed by atoms with Gasteiger partial charge in [0.1, 0.15) is 29.8 Å². The molecule has 2 rings (SSSR count). The molecule has 0 fully saturated rings. The molecule has 4 atom stereocenters. The van der Waals surface area contributed by atoms with Crippen molar-refractivity contribution >= 4 is 0 Å². The molecule has 0 unspecified atom stereocenters. The Morgan fingerprint density at radius 3 is 1.36 bits per heavy atom. The zero-order valence-electron chi connectivity index (χ0n) is 13.3. The van der Waals surface area contributed by atoms with Gasteiger partial charge in [-0.25, -0.2) is 0 Å². The quantitative estimate of drug-likeness (QED) is 0.362. The van der Waals surface area contributed by atoms with Gasteiger partial charge in [0.05, 0.1) is 12.7 Å². The van der Waals surface area contributed by atoms with Gasteiger partial charge in [0.15, 0.2) is 0 Å². The minimum absolute atomic E-state index is 0.0268. The smallest absolute Gasteiger partial charge is 0.115 e. The number of hydrogen-bond donors (Lipinski definition) is 7. The fourth-order valence-corrected chi connectivity index (χ4v) is 2.68. The molecule has 0 bridgehead atoms. The van der Waals surface area contributed by atoms with Crippen LogP contribution in [0.2, 0.25) is 0 Å². The average molecular weight is 350 g/mol. The van der Waals surface area contributed by atoms with E-state index in [1.165, 1.54) is 24.3 Å². The molecule has 2 aromatic rings. The maximum Gasteiger partial charge on any atom is 0.115 e. The molecule has 136 valence electrons. The van der Waals surface area contributed by atoms with Crippen molar-refractivity contribution in [2.45, 2.75) is 30.3 Å². The summed E-state index contributed by atoms with van der Waals surface area (Å²) in [6, 6.07) is 11.9. The molecule has 2 aromatic carbocycles. The fraction of sp³-hybridized carbons (Fsp3) is 0.333. The van der Waals surface area contributed by atoms with Crippen LogP contribution < -0.4 is 0 Å². The van der Waals surface area contributed by atoms with Crippen molar-refractivity contribution in [1.82, 2.24) is 0 Å². The summed E-state index contributed by atoms with van der Waals surface area (Å²) in [4.78, 5) is 0. The molecule has 0 aliphatic carbocycles. The summed E-state index contributed by atoms with van der Waals surface area (Å²) in [5, 5.41) is 68.0. The monoisotopic (exact) mass is 350 g/mol. The van der Waals surface area contributed by atoms with Crippen LogP contribution in [0.15, 0.2) is 48.5 Å². The Hall–Kier alpha value is -2.16. The van der Waals surface area contributed by atoms with Crippen LogP contribution in [0.5, 0.6) is 11.5 Å². The predicted octanol–water partition coefficient (Wildman–Crippen LogP) is -0.334. The SMILES string of the molecule is OC[C@@H](O)[C@@H](O)[C@@H](O)[C@@H](O)C(c1ccc(O)cc1)c1ccc(O)cc1. The van der Waals surface area contributed by atoms with Gasteiger partial charge in [-0.1, -0.05) is 24.3 Å². The summed E-state index contributed by atoms with van der Waals surface area (Å²) in [7, 11) is 0. The summed E-state index contributed by atoms with van der Waals surface area (Å²) in [5.74, 6) is -0.755. The zero-order valence-corrected chi connectivity index (χ0v) is 13.3. The zero-order chi connectivity index (χ0) is 18.6. The lowest BCUT2D eigenvalue weighted by atomic mass is 9.82. The number of phenols is 2. The summed E-state index contributed by atoms with van der Waals surface area (Å²) < 4.78 is 0. The molecule has 7 heteroatoms. The summed E-state index contributed by atoms with van der Waals surface area (Å²) in [6.45, 7) is -0.770. The Kier molecular flexibility index (Phi) is 6.35. The van der Waals surface area contributed by atoms with Gasteiger partial charge in [-0.2, -0.15) is 0 Å². The van der Waals surface area contributed by atoms with E-state index >= 15 is 0 Å². The minimum atomic E-state index is -1.75. The predicted molar refractivity (Wildman–Crippen MR) is 89.2 cm³/mol. The first-order chi connectivity index (χ1) is 11.8. The van der Waals surface area contributed by atoms with Crippen LogP contribution in [0.4, 0.5) is 0 Å². The van der Waals surface area contributed by atoms with Crippen LogP contribution in [0, 0.1) is 0 Å². The number of aromatic hydroxyl groups is 2. The van der Waals surface area contributed by atoms with Crippen LogP contribution >= 0.6 is 0 Å². The standard InChI is InChI=1S/C18H22O7/c19-9-14(22)16(23)18(25)17(24)15(10-1-5-12(20)6-2-10)11-3-7-13(21)8-4-11/h1-8,14-25H,9H2/t14-,16-,17+,18-/m1/s1. The summed E-state index contributed by atoms with van der Waals surface area (Å²) >= 11 is 0. The van der Waals surface area contributed by atoms with Gasteiger partial charge in [-0.15, -0.1) is 0 Å². The molecule has 0 saturated heterocycles. The molecule has 0 aromatic heterocycles. The molecule has 7 nitrogen and oxygen atoms in total. The van der Waals surface area contributed by atoms with E-state index in [1.54, 1.807) is 24.3 Å². The largest absolute Gasteiger partial charge is 0.508 e. The van der Waals surface area contributed by atoms with Gasteiger partial charge in [0.2, 0.25) is 0 Å². The molecule has 0 aliphatic heterocycles. The Balaban J connectivity index is 2.40. The van der Waals surface area contributed by atoms with Crippen LogP contribution in [0.1, 0.15) is 17.0 Å². The number of phenolic OH excluding ortho intramolecular Hbond substituents is 2. The Labute approximate surface area is 144 Å². The second-order valence-electron chi connectivity index (χ2n) is 5.88. The highest BCUT2D eigenvalue weighted by atomic mass is 16.4. The van der Waals surface area contributed by atoms with Crippen LogP contribution in [0.3, 0.4) is 0 Å². The van der Waals surface area contributed by atoms with E-state index < -0.39 is 36.9 Å². The van der Waals surface area contributed by atoms with E-state index in [-0.39, 0.29) is 11.5 Å². The molecular formula is C18H22O7. The molecule has 0 saturated carbocycles. The fourth-order valence-electron chi connectivity index (χ4n) is 2.68. The maximum absolute atomic E-state index is 10.6. The summed E-state index contributed by atoms with van der Waals surface area (Å²) in [5.41, 5.74) is 1.08. The number of aliphatic hydroxyl groups is 5. The van der Waals surface area contributed by atoms with Gasteiger partial charge in [0, 0.05) is 5.92 Å². The van der Waals surface area contributed by atoms with Crippen molar-refractivity contribution in [3.05, 3.63) is 59.7 Å². The normalized spacial score (nSPS) is 16.4. The second-order valence-corrected chi connectivity index (χ2v) is 5.88. The first-order valence-electron chi connectivity index (χ1n) is 7.76. The highest BCUT2D eigenvalue weighted by molar-refractivity contribution is 5.39. The summed E-state index contributed by atoms with van der Waals surface area (Å²) in [6.07, 6.45) is -6.62. The molecule has 0 radical (unpaired) electrons. The van der Waals surface area contributed by atoms with Gasteiger partial charge < -0.3 is 35.7 Å². The second kappa shape index (κ2) is 8.28. The minimum Gasteiger partial charge on any atom is -0.508 e. The van der Waals surface area contributed by atoms with Crippen molar-refractivity contribution < 1.29 is 35.7 Å². The van der Waals surface area contributed by atoms with Crippen LogP contribution in [-0.4, -0.2) is 66.8 Å². The van der Waals surface area contributed by atoms with E-state index in [0.717, 1.165) is 0 Å². The first kappa shape index (κ1) is 19.2. The first-order valence-corrected chi connectivity index (χ1v) is 7.76. The van der Waals surface area contributed by atoms with Crippen molar-refractivity contribution in [3.8, 4) is 11.5 Å². The van der Waals surface area contributed by atoms with E-state index in [9.17, 15) is 30.6 Å². The average Bonchev–Trinajstić information content (AvgIpc) is 2.63. The number of hydrogen-bond acceptors (Lipinski definition) is 7. The molecule has 0 amide bonds. The van der Waals surface area contributed by atoms with Gasteiger partial charge in [-0.05, 0) is 35.4 Å². The molecular weight excluding hydrogens is 328 g/mol. The maximum atomic E-state index is 10.6. The van der Waals surface area contributed by atoms with E-state index in [0.29, 0.717) is 11.1 Å². The number of benzene rings is 2. The van der Waals surface area contributed by atoms with Crippen LogP contribution in [0.25, 0.3) is 0 Å². The van der Waals surface area contributed by atoms with Crippen molar-refractivity contribution in [1.29, 1.82) is 0 Å². The van der Waals surface area contributed by atoms with Crippen molar-refractivity contribution in [2.75, 3.05) is 6.61 Å². The topological polar surface area (TPSA) is 142 Å². The third-order valence-electron chi connectivity index (χ3n) is 4.13. The highest BCUT2D eigenvalue weighted by Gasteiger charge is 2.36. The van der Waals surface area contributed by atoms with Gasteiger partial charge >= 0.3 is 0 Å². The van der Waals surface area contributed by atoms with Crippen molar-refractivity contribution in [2.24, 2.45) is 0 Å². The Morgan fingerprint density at radius 2 is 1.00 bits per heavy atom. The van der Waals surface area contributed by atoms with Crippen molar-refractivity contribution in [3.63, 3.8) is 0 Å². The molecule has 7 N–H and O–H groups in total. The highest BCUT2D eigenvalue weighted by Crippen LogP contribution is 2.32. The van der Waals surface area contributed by atoms with E-state index in [2.05, 4.69) is 0 Å². The number of aliphatic hydroxyl groups excluding tert-OH is 5. The molecule has 25 heavy (non-hydrogen) atoms. The lowest BCUT2D eigenvalue weighted by Gasteiger charge is -2.31. The molecule has 0 spiro atoms. The van der Waals surface area contributed by atoms with E-state index in [1.807, 2.05) is 0 Å². The van der Waals surface area contributed by atoms with Gasteiger partial charge in [0.25, 0.3) is 0 Å². The van der Waals surface area contributed by atoms with Gasteiger partial charge in [-0.3, -0.25) is 0 Å². The molecule has 0 heterocycles. The Morgan fingerprint density at radius 1 is 0.600 bits per heavy atom. The number of rotatable bonds is 7. The van der Waals surface area contributed by atoms with Crippen LogP contribution in [-0.2, 0) is 0 Å². The lowest BCUT2D eigenvalue weighted by molar-refractivity contribution is -0.117. The third kappa shape index (κ3) is 4.47. The molecule has 0 aliphatic rings.